The Labute approximate surface area is 91.2 Å². The zero-order chi connectivity index (χ0) is 10.0. The van der Waals surface area contributed by atoms with Crippen molar-refractivity contribution in [2.75, 3.05) is 13.2 Å². The predicted octanol–water partition coefficient (Wildman–Crippen LogP) is 2.39. The Bertz CT molecular complexity index is 196. The average Bonchev–Trinajstić information content (AvgIpc) is 2.17. The maximum atomic E-state index is 5.74. The largest absolute Gasteiger partial charge is 0.378 e. The zero-order valence-corrected chi connectivity index (χ0v) is 10.0. The quantitative estimate of drug-likeness (QED) is 0.725. The van der Waals surface area contributed by atoms with E-state index >= 15 is 0 Å². The molecule has 14 heavy (non-hydrogen) atoms. The van der Waals surface area contributed by atoms with Crippen LogP contribution in [0.25, 0.3) is 0 Å². The first kappa shape index (κ1) is 10.8. The molecule has 0 aliphatic carbocycles. The molecule has 3 heteroatoms. The summed E-state index contributed by atoms with van der Waals surface area (Å²) < 4.78 is 5.74. The fraction of sp³-hybridized carbons (Fsp3) is 1.00. The highest BCUT2D eigenvalue weighted by Crippen LogP contribution is 2.41. The van der Waals surface area contributed by atoms with Crippen LogP contribution in [-0.2, 0) is 4.74 Å². The van der Waals surface area contributed by atoms with Gasteiger partial charge in [-0.15, -0.1) is 11.8 Å². The second-order valence-electron chi connectivity index (χ2n) is 4.49. The van der Waals surface area contributed by atoms with Crippen LogP contribution in [-0.4, -0.2) is 29.4 Å². The third kappa shape index (κ3) is 2.26. The SMILES string of the molecule is CCC1CC2(CCO1)NCCC(C)S2. The van der Waals surface area contributed by atoms with E-state index in [4.69, 9.17) is 4.74 Å². The first-order chi connectivity index (χ1) is 6.74. The number of rotatable bonds is 1. The van der Waals surface area contributed by atoms with Gasteiger partial charge in [-0.1, -0.05) is 13.8 Å². The zero-order valence-electron chi connectivity index (χ0n) is 9.21. The van der Waals surface area contributed by atoms with Crippen LogP contribution in [0, 0.1) is 0 Å². The van der Waals surface area contributed by atoms with Crippen molar-refractivity contribution in [2.45, 2.75) is 55.8 Å². The topological polar surface area (TPSA) is 21.3 Å². The van der Waals surface area contributed by atoms with Gasteiger partial charge < -0.3 is 10.1 Å². The Balaban J connectivity index is 1.99. The van der Waals surface area contributed by atoms with Crippen LogP contribution < -0.4 is 5.32 Å². The van der Waals surface area contributed by atoms with Crippen molar-refractivity contribution in [3.8, 4) is 0 Å². The van der Waals surface area contributed by atoms with Crippen molar-refractivity contribution in [3.05, 3.63) is 0 Å². The highest BCUT2D eigenvalue weighted by Gasteiger charge is 2.39. The van der Waals surface area contributed by atoms with Crippen LogP contribution in [0.3, 0.4) is 0 Å². The molecule has 82 valence electrons. The maximum absolute atomic E-state index is 5.74. The first-order valence-electron chi connectivity index (χ1n) is 5.78. The van der Waals surface area contributed by atoms with Gasteiger partial charge in [-0.05, 0) is 25.8 Å². The van der Waals surface area contributed by atoms with E-state index in [1.807, 2.05) is 0 Å². The Kier molecular flexibility index (Phi) is 3.40. The van der Waals surface area contributed by atoms with E-state index in [1.165, 1.54) is 25.8 Å². The van der Waals surface area contributed by atoms with Gasteiger partial charge in [-0.3, -0.25) is 0 Å². The van der Waals surface area contributed by atoms with Gasteiger partial charge in [0.05, 0.1) is 11.0 Å². The molecule has 2 aliphatic rings. The van der Waals surface area contributed by atoms with Crippen LogP contribution in [0.5, 0.6) is 0 Å². The molecule has 2 nitrogen and oxygen atoms in total. The molecule has 3 unspecified atom stereocenters. The van der Waals surface area contributed by atoms with E-state index in [9.17, 15) is 0 Å². The van der Waals surface area contributed by atoms with Gasteiger partial charge in [-0.2, -0.15) is 0 Å². The summed E-state index contributed by atoms with van der Waals surface area (Å²) in [5.41, 5.74) is 0. The molecule has 2 fully saturated rings. The number of hydrogen-bond donors (Lipinski definition) is 1. The van der Waals surface area contributed by atoms with Crippen LogP contribution in [0.4, 0.5) is 0 Å². The van der Waals surface area contributed by atoms with E-state index in [2.05, 4.69) is 30.9 Å². The van der Waals surface area contributed by atoms with Crippen molar-refractivity contribution in [2.24, 2.45) is 0 Å². The minimum Gasteiger partial charge on any atom is -0.378 e. The fourth-order valence-electron chi connectivity index (χ4n) is 2.44. The summed E-state index contributed by atoms with van der Waals surface area (Å²) in [5.74, 6) is 0. The van der Waals surface area contributed by atoms with E-state index in [-0.39, 0.29) is 0 Å². The first-order valence-corrected chi connectivity index (χ1v) is 6.66. The highest BCUT2D eigenvalue weighted by atomic mass is 32.2. The molecule has 0 radical (unpaired) electrons. The molecular weight excluding hydrogens is 194 g/mol. The average molecular weight is 215 g/mol. The molecular formula is C11H21NOS. The molecule has 0 aromatic carbocycles. The molecule has 0 aromatic rings. The monoisotopic (exact) mass is 215 g/mol. The summed E-state index contributed by atoms with van der Waals surface area (Å²) in [6.07, 6.45) is 5.31. The van der Waals surface area contributed by atoms with E-state index in [1.54, 1.807) is 0 Å². The standard InChI is InChI=1S/C11H21NOS/c1-3-10-8-11(5-7-13-10)12-6-4-9(2)14-11/h9-10,12H,3-8H2,1-2H3. The molecule has 1 spiro atoms. The smallest absolute Gasteiger partial charge is 0.0694 e. The van der Waals surface area contributed by atoms with Crippen LogP contribution >= 0.6 is 11.8 Å². The fourth-order valence-corrected chi connectivity index (χ4v) is 4.11. The van der Waals surface area contributed by atoms with Crippen molar-refractivity contribution in [1.82, 2.24) is 5.32 Å². The molecule has 0 bridgehead atoms. The summed E-state index contributed by atoms with van der Waals surface area (Å²) >= 11 is 2.14. The van der Waals surface area contributed by atoms with Crippen molar-refractivity contribution in [1.29, 1.82) is 0 Å². The number of nitrogens with one attached hydrogen (secondary N) is 1. The Morgan fingerprint density at radius 2 is 2.43 bits per heavy atom. The minimum absolute atomic E-state index is 0.344. The lowest BCUT2D eigenvalue weighted by Crippen LogP contribution is -2.53. The second kappa shape index (κ2) is 4.42. The molecule has 2 saturated heterocycles. The van der Waals surface area contributed by atoms with Crippen molar-refractivity contribution >= 4 is 11.8 Å². The molecule has 0 saturated carbocycles. The lowest BCUT2D eigenvalue weighted by Gasteiger charge is -2.45. The van der Waals surface area contributed by atoms with Gasteiger partial charge in [0, 0.05) is 18.3 Å². The van der Waals surface area contributed by atoms with Crippen LogP contribution in [0.2, 0.25) is 0 Å². The minimum atomic E-state index is 0.344. The number of ether oxygens (including phenoxy) is 1. The third-order valence-corrected chi connectivity index (χ3v) is 4.90. The summed E-state index contributed by atoms with van der Waals surface area (Å²) in [6, 6.07) is 0. The Morgan fingerprint density at radius 1 is 1.57 bits per heavy atom. The molecule has 2 rings (SSSR count). The summed E-state index contributed by atoms with van der Waals surface area (Å²) in [4.78, 5) is 0.344. The highest BCUT2D eigenvalue weighted by molar-refractivity contribution is 8.01. The molecule has 1 N–H and O–H groups in total. The Hall–Kier alpha value is 0.270. The van der Waals surface area contributed by atoms with Gasteiger partial charge >= 0.3 is 0 Å². The van der Waals surface area contributed by atoms with Crippen LogP contribution in [0.1, 0.15) is 39.5 Å². The lowest BCUT2D eigenvalue weighted by molar-refractivity contribution is -0.00839. The number of thioether (sulfide) groups is 1. The van der Waals surface area contributed by atoms with Crippen molar-refractivity contribution < 1.29 is 4.74 Å². The predicted molar refractivity (Wildman–Crippen MR) is 61.7 cm³/mol. The maximum Gasteiger partial charge on any atom is 0.0694 e. The summed E-state index contributed by atoms with van der Waals surface area (Å²) in [7, 11) is 0. The summed E-state index contributed by atoms with van der Waals surface area (Å²) in [5, 5.41) is 4.52. The van der Waals surface area contributed by atoms with Crippen molar-refractivity contribution in [3.63, 3.8) is 0 Å². The van der Waals surface area contributed by atoms with Crippen LogP contribution in [0.15, 0.2) is 0 Å². The van der Waals surface area contributed by atoms with Gasteiger partial charge in [-0.25, -0.2) is 0 Å². The van der Waals surface area contributed by atoms with E-state index in [0.29, 0.717) is 11.0 Å². The van der Waals surface area contributed by atoms with E-state index < -0.39 is 0 Å². The molecule has 3 atom stereocenters. The molecule has 2 heterocycles. The van der Waals surface area contributed by atoms with Gasteiger partial charge in [0.2, 0.25) is 0 Å². The normalized spacial score (nSPS) is 44.1. The van der Waals surface area contributed by atoms with Gasteiger partial charge in [0.15, 0.2) is 0 Å². The van der Waals surface area contributed by atoms with E-state index in [0.717, 1.165) is 18.3 Å². The molecule has 2 aliphatic heterocycles. The Morgan fingerprint density at radius 3 is 3.14 bits per heavy atom. The van der Waals surface area contributed by atoms with Gasteiger partial charge in [0.1, 0.15) is 0 Å². The number of hydrogen-bond acceptors (Lipinski definition) is 3. The summed E-state index contributed by atoms with van der Waals surface area (Å²) in [6.45, 7) is 6.69. The molecule has 0 amide bonds. The molecule has 0 aromatic heterocycles. The van der Waals surface area contributed by atoms with Gasteiger partial charge in [0.25, 0.3) is 0 Å². The second-order valence-corrected chi connectivity index (χ2v) is 6.32. The lowest BCUT2D eigenvalue weighted by atomic mass is 10.00. The third-order valence-electron chi connectivity index (χ3n) is 3.30.